The average Bonchev–Trinajstić information content (AvgIpc) is 2.32. The first-order valence-corrected chi connectivity index (χ1v) is 7.59. The van der Waals surface area contributed by atoms with Crippen LogP contribution in [0.1, 0.15) is 59.4 Å². The second-order valence-electron chi connectivity index (χ2n) is 7.33. The molecular formula is C17H28N2. The largest absolute Gasteiger partial charge is 0.367 e. The van der Waals surface area contributed by atoms with Crippen molar-refractivity contribution in [2.75, 3.05) is 5.32 Å². The lowest BCUT2D eigenvalue weighted by Gasteiger charge is -2.33. The number of pyridine rings is 1. The first kappa shape index (κ1) is 14.4. The number of hydrogen-bond acceptors (Lipinski definition) is 2. The van der Waals surface area contributed by atoms with Gasteiger partial charge in [0.15, 0.2) is 0 Å². The number of nitrogens with zero attached hydrogens (tertiary/aromatic N) is 1. The molecule has 1 aliphatic carbocycles. The van der Waals surface area contributed by atoms with Crippen LogP contribution in [-0.2, 0) is 5.41 Å². The van der Waals surface area contributed by atoms with E-state index >= 15 is 0 Å². The summed E-state index contributed by atoms with van der Waals surface area (Å²) in [5, 5.41) is 3.62. The zero-order chi connectivity index (χ0) is 14.0. The van der Waals surface area contributed by atoms with Gasteiger partial charge in [-0.25, -0.2) is 4.98 Å². The zero-order valence-electron chi connectivity index (χ0n) is 13.0. The topological polar surface area (TPSA) is 24.9 Å². The highest BCUT2D eigenvalue weighted by Gasteiger charge is 2.25. The molecule has 0 radical (unpaired) electrons. The van der Waals surface area contributed by atoms with Crippen molar-refractivity contribution in [2.45, 2.75) is 65.3 Å². The second-order valence-corrected chi connectivity index (χ2v) is 7.33. The summed E-state index contributed by atoms with van der Waals surface area (Å²) in [4.78, 5) is 4.58. The van der Waals surface area contributed by atoms with Gasteiger partial charge in [0.2, 0.25) is 0 Å². The van der Waals surface area contributed by atoms with E-state index in [1.165, 1.54) is 24.8 Å². The van der Waals surface area contributed by atoms with E-state index < -0.39 is 0 Å². The number of nitrogens with one attached hydrogen (secondary N) is 1. The Hall–Kier alpha value is -1.05. The lowest BCUT2D eigenvalue weighted by Crippen LogP contribution is -2.33. The minimum atomic E-state index is 0.180. The van der Waals surface area contributed by atoms with Crippen molar-refractivity contribution < 1.29 is 0 Å². The van der Waals surface area contributed by atoms with Crippen LogP contribution in [-0.4, -0.2) is 11.0 Å². The Morgan fingerprint density at radius 2 is 1.89 bits per heavy atom. The molecule has 0 spiro atoms. The van der Waals surface area contributed by atoms with Crippen LogP contribution in [0.25, 0.3) is 0 Å². The van der Waals surface area contributed by atoms with Gasteiger partial charge in [-0.1, -0.05) is 40.7 Å². The molecule has 1 saturated carbocycles. The number of hydrogen-bond donors (Lipinski definition) is 1. The predicted octanol–water partition coefficient (Wildman–Crippen LogP) is 4.62. The Labute approximate surface area is 118 Å². The van der Waals surface area contributed by atoms with Crippen molar-refractivity contribution in [1.82, 2.24) is 4.98 Å². The van der Waals surface area contributed by atoms with Gasteiger partial charge in [-0.05, 0) is 48.1 Å². The number of rotatable bonds is 2. The summed E-state index contributed by atoms with van der Waals surface area (Å²) in [6, 6.07) is 4.92. The first-order valence-electron chi connectivity index (χ1n) is 7.59. The normalized spacial score (nSPS) is 28.2. The Bertz CT molecular complexity index is 402. The molecule has 3 unspecified atom stereocenters. The van der Waals surface area contributed by atoms with E-state index in [0.29, 0.717) is 6.04 Å². The maximum Gasteiger partial charge on any atom is 0.126 e. The summed E-state index contributed by atoms with van der Waals surface area (Å²) < 4.78 is 0. The molecule has 1 heterocycles. The Morgan fingerprint density at radius 1 is 1.16 bits per heavy atom. The molecule has 0 aliphatic heterocycles. The van der Waals surface area contributed by atoms with Crippen LogP contribution >= 0.6 is 0 Å². The standard InChI is InChI=1S/C17H28N2/c1-12-6-8-15(13(2)10-12)19-16-9-7-14(11-18-16)17(3,4)5/h7,9,11-13,15H,6,8,10H2,1-5H3,(H,18,19). The van der Waals surface area contributed by atoms with Crippen LogP contribution in [0.5, 0.6) is 0 Å². The summed E-state index contributed by atoms with van der Waals surface area (Å²) in [5.41, 5.74) is 1.47. The van der Waals surface area contributed by atoms with Gasteiger partial charge >= 0.3 is 0 Å². The Morgan fingerprint density at radius 3 is 2.42 bits per heavy atom. The summed E-state index contributed by atoms with van der Waals surface area (Å²) in [6.45, 7) is 11.4. The van der Waals surface area contributed by atoms with Crippen LogP contribution in [0.4, 0.5) is 5.82 Å². The molecule has 1 N–H and O–H groups in total. The molecule has 1 aromatic heterocycles. The summed E-state index contributed by atoms with van der Waals surface area (Å²) in [7, 11) is 0. The van der Waals surface area contributed by atoms with Gasteiger partial charge in [-0.3, -0.25) is 0 Å². The van der Waals surface area contributed by atoms with Crippen molar-refractivity contribution in [3.05, 3.63) is 23.9 Å². The van der Waals surface area contributed by atoms with Gasteiger partial charge in [0.05, 0.1) is 0 Å². The maximum absolute atomic E-state index is 4.58. The second kappa shape index (κ2) is 5.52. The molecule has 1 fully saturated rings. The predicted molar refractivity (Wildman–Crippen MR) is 82.5 cm³/mol. The minimum absolute atomic E-state index is 0.180. The fourth-order valence-corrected chi connectivity index (χ4v) is 2.99. The van der Waals surface area contributed by atoms with Crippen molar-refractivity contribution in [1.29, 1.82) is 0 Å². The highest BCUT2D eigenvalue weighted by atomic mass is 15.0. The first-order chi connectivity index (χ1) is 8.86. The summed E-state index contributed by atoms with van der Waals surface area (Å²) in [6.07, 6.45) is 5.95. The number of aromatic nitrogens is 1. The molecule has 0 saturated heterocycles. The summed E-state index contributed by atoms with van der Waals surface area (Å²) in [5.74, 6) is 2.65. The molecular weight excluding hydrogens is 232 g/mol. The molecule has 19 heavy (non-hydrogen) atoms. The van der Waals surface area contributed by atoms with Crippen molar-refractivity contribution in [2.24, 2.45) is 11.8 Å². The lowest BCUT2D eigenvalue weighted by atomic mass is 9.80. The molecule has 0 bridgehead atoms. The summed E-state index contributed by atoms with van der Waals surface area (Å²) >= 11 is 0. The monoisotopic (exact) mass is 260 g/mol. The van der Waals surface area contributed by atoms with E-state index in [1.807, 2.05) is 6.20 Å². The van der Waals surface area contributed by atoms with Crippen molar-refractivity contribution >= 4 is 5.82 Å². The molecule has 1 aromatic rings. The fraction of sp³-hybridized carbons (Fsp3) is 0.706. The van der Waals surface area contributed by atoms with Gasteiger partial charge in [0.1, 0.15) is 5.82 Å². The molecule has 3 atom stereocenters. The van der Waals surface area contributed by atoms with Crippen molar-refractivity contribution in [3.8, 4) is 0 Å². The van der Waals surface area contributed by atoms with Crippen LogP contribution in [0.2, 0.25) is 0 Å². The van der Waals surface area contributed by atoms with E-state index in [4.69, 9.17) is 0 Å². The molecule has 0 aromatic carbocycles. The van der Waals surface area contributed by atoms with Gasteiger partial charge in [0.25, 0.3) is 0 Å². The highest BCUT2D eigenvalue weighted by Crippen LogP contribution is 2.30. The molecule has 2 heteroatoms. The van der Waals surface area contributed by atoms with E-state index in [2.05, 4.69) is 57.1 Å². The average molecular weight is 260 g/mol. The minimum Gasteiger partial charge on any atom is -0.367 e. The van der Waals surface area contributed by atoms with Gasteiger partial charge < -0.3 is 5.32 Å². The van der Waals surface area contributed by atoms with Crippen LogP contribution in [0.15, 0.2) is 18.3 Å². The van der Waals surface area contributed by atoms with Gasteiger partial charge in [-0.2, -0.15) is 0 Å². The molecule has 1 aliphatic rings. The van der Waals surface area contributed by atoms with Crippen LogP contribution < -0.4 is 5.32 Å². The highest BCUT2D eigenvalue weighted by molar-refractivity contribution is 5.38. The molecule has 0 amide bonds. The smallest absolute Gasteiger partial charge is 0.126 e. The third kappa shape index (κ3) is 3.71. The molecule has 106 valence electrons. The fourth-order valence-electron chi connectivity index (χ4n) is 2.99. The Balaban J connectivity index is 2.00. The van der Waals surface area contributed by atoms with Crippen LogP contribution in [0.3, 0.4) is 0 Å². The quantitative estimate of drug-likeness (QED) is 0.839. The van der Waals surface area contributed by atoms with Crippen molar-refractivity contribution in [3.63, 3.8) is 0 Å². The molecule has 2 rings (SSSR count). The van der Waals surface area contributed by atoms with E-state index in [-0.39, 0.29) is 5.41 Å². The van der Waals surface area contributed by atoms with Gasteiger partial charge in [0, 0.05) is 12.2 Å². The van der Waals surface area contributed by atoms with Gasteiger partial charge in [-0.15, -0.1) is 0 Å². The maximum atomic E-state index is 4.58. The third-order valence-corrected chi connectivity index (χ3v) is 4.39. The van der Waals surface area contributed by atoms with E-state index in [0.717, 1.165) is 17.7 Å². The van der Waals surface area contributed by atoms with E-state index in [1.54, 1.807) is 0 Å². The number of anilines is 1. The third-order valence-electron chi connectivity index (χ3n) is 4.39. The van der Waals surface area contributed by atoms with E-state index in [9.17, 15) is 0 Å². The van der Waals surface area contributed by atoms with Crippen LogP contribution in [0, 0.1) is 11.8 Å². The zero-order valence-corrected chi connectivity index (χ0v) is 13.0. The lowest BCUT2D eigenvalue weighted by molar-refractivity contribution is 0.276. The molecule has 2 nitrogen and oxygen atoms in total. The SMILES string of the molecule is CC1CCC(Nc2ccc(C(C)(C)C)cn2)C(C)C1. The Kier molecular flexibility index (Phi) is 4.17.